The number of hydrogen-bond donors (Lipinski definition) is 1. The Labute approximate surface area is 97.8 Å². The lowest BCUT2D eigenvalue weighted by atomic mass is 9.86. The zero-order valence-corrected chi connectivity index (χ0v) is 10.6. The Morgan fingerprint density at radius 2 is 2.06 bits per heavy atom. The highest BCUT2D eigenvalue weighted by Crippen LogP contribution is 2.44. The molecule has 2 heteroatoms. The van der Waals surface area contributed by atoms with Gasteiger partial charge in [-0.25, -0.2) is 0 Å². The summed E-state index contributed by atoms with van der Waals surface area (Å²) < 4.78 is 5.70. The molecular weight excluding hydrogens is 198 g/mol. The highest BCUT2D eigenvalue weighted by Gasteiger charge is 2.35. The molecule has 2 N–H and O–H groups in total. The molecule has 1 aliphatic rings. The van der Waals surface area contributed by atoms with Crippen molar-refractivity contribution in [1.82, 2.24) is 0 Å². The molecular formula is C14H21NO. The number of nitrogens with two attached hydrogens (primary N) is 1. The number of hydrogen-bond acceptors (Lipinski definition) is 2. The summed E-state index contributed by atoms with van der Waals surface area (Å²) in [4.78, 5) is 0. The third-order valence-corrected chi connectivity index (χ3v) is 3.25. The fourth-order valence-electron chi connectivity index (χ4n) is 2.58. The number of fused-ring (bicyclic) bond motifs is 1. The van der Waals surface area contributed by atoms with Crippen LogP contribution in [-0.2, 0) is 5.41 Å². The van der Waals surface area contributed by atoms with E-state index in [4.69, 9.17) is 10.5 Å². The molecule has 0 amide bonds. The van der Waals surface area contributed by atoms with Gasteiger partial charge in [0.2, 0.25) is 0 Å². The van der Waals surface area contributed by atoms with Crippen molar-refractivity contribution >= 4 is 0 Å². The molecule has 0 saturated heterocycles. The summed E-state index contributed by atoms with van der Waals surface area (Å²) in [7, 11) is 0. The van der Waals surface area contributed by atoms with E-state index >= 15 is 0 Å². The van der Waals surface area contributed by atoms with Crippen molar-refractivity contribution in [3.8, 4) is 5.75 Å². The fourth-order valence-corrected chi connectivity index (χ4v) is 2.58. The summed E-state index contributed by atoms with van der Waals surface area (Å²) in [5, 5.41) is 0. The van der Waals surface area contributed by atoms with Gasteiger partial charge in [0.1, 0.15) is 5.75 Å². The van der Waals surface area contributed by atoms with Crippen LogP contribution in [-0.4, -0.2) is 6.10 Å². The Hall–Kier alpha value is -1.02. The highest BCUT2D eigenvalue weighted by molar-refractivity contribution is 5.45. The van der Waals surface area contributed by atoms with E-state index in [1.807, 2.05) is 13.8 Å². The molecule has 0 aromatic heterocycles. The summed E-state index contributed by atoms with van der Waals surface area (Å²) in [5.41, 5.74) is 8.99. The molecule has 1 aliphatic carbocycles. The van der Waals surface area contributed by atoms with Crippen molar-refractivity contribution in [1.29, 1.82) is 0 Å². The van der Waals surface area contributed by atoms with Gasteiger partial charge in [0.25, 0.3) is 0 Å². The lowest BCUT2D eigenvalue weighted by molar-refractivity contribution is 0.242. The Bertz CT molecular complexity index is 396. The van der Waals surface area contributed by atoms with Crippen LogP contribution in [0, 0.1) is 0 Å². The number of rotatable bonds is 2. The lowest BCUT2D eigenvalue weighted by Gasteiger charge is -2.19. The summed E-state index contributed by atoms with van der Waals surface area (Å²) >= 11 is 0. The standard InChI is InChI=1S/C14H21NO/c1-9(2)16-10-5-6-12-11(7-10)13(15)8-14(12,3)4/h5-7,9,13H,8,15H2,1-4H3. The van der Waals surface area contributed by atoms with E-state index in [0.29, 0.717) is 0 Å². The van der Waals surface area contributed by atoms with Crippen LogP contribution in [0.25, 0.3) is 0 Å². The SMILES string of the molecule is CC(C)Oc1ccc2c(c1)C(N)CC2(C)C. The van der Waals surface area contributed by atoms with Crippen molar-refractivity contribution < 1.29 is 4.74 Å². The molecule has 2 nitrogen and oxygen atoms in total. The molecule has 0 spiro atoms. The number of benzene rings is 1. The summed E-state index contributed by atoms with van der Waals surface area (Å²) in [6.07, 6.45) is 1.23. The first kappa shape index (κ1) is 11.5. The van der Waals surface area contributed by atoms with Crippen LogP contribution in [0.2, 0.25) is 0 Å². The minimum Gasteiger partial charge on any atom is -0.491 e. The summed E-state index contributed by atoms with van der Waals surface area (Å²) in [5.74, 6) is 0.932. The van der Waals surface area contributed by atoms with Crippen molar-refractivity contribution in [3.05, 3.63) is 29.3 Å². The molecule has 2 rings (SSSR count). The van der Waals surface area contributed by atoms with Crippen LogP contribution in [0.15, 0.2) is 18.2 Å². The van der Waals surface area contributed by atoms with Gasteiger partial charge in [-0.2, -0.15) is 0 Å². The van der Waals surface area contributed by atoms with E-state index in [2.05, 4.69) is 32.0 Å². The van der Waals surface area contributed by atoms with Crippen LogP contribution in [0.5, 0.6) is 5.75 Å². The second-order valence-electron chi connectivity index (χ2n) is 5.61. The predicted molar refractivity (Wildman–Crippen MR) is 66.8 cm³/mol. The molecule has 0 bridgehead atoms. The number of ether oxygens (including phenoxy) is 1. The third-order valence-electron chi connectivity index (χ3n) is 3.25. The Morgan fingerprint density at radius 3 is 2.69 bits per heavy atom. The van der Waals surface area contributed by atoms with Crippen molar-refractivity contribution in [2.75, 3.05) is 0 Å². The predicted octanol–water partition coefficient (Wildman–Crippen LogP) is 3.15. The Balaban J connectivity index is 2.37. The smallest absolute Gasteiger partial charge is 0.120 e. The van der Waals surface area contributed by atoms with Crippen LogP contribution >= 0.6 is 0 Å². The van der Waals surface area contributed by atoms with Gasteiger partial charge in [0.15, 0.2) is 0 Å². The minimum absolute atomic E-state index is 0.153. The maximum absolute atomic E-state index is 6.17. The largest absolute Gasteiger partial charge is 0.491 e. The maximum Gasteiger partial charge on any atom is 0.120 e. The van der Waals surface area contributed by atoms with Crippen molar-refractivity contribution in [2.45, 2.75) is 51.7 Å². The van der Waals surface area contributed by atoms with E-state index in [-0.39, 0.29) is 17.6 Å². The monoisotopic (exact) mass is 219 g/mol. The van der Waals surface area contributed by atoms with Gasteiger partial charge in [-0.3, -0.25) is 0 Å². The fraction of sp³-hybridized carbons (Fsp3) is 0.571. The second kappa shape index (κ2) is 3.77. The zero-order valence-electron chi connectivity index (χ0n) is 10.6. The topological polar surface area (TPSA) is 35.2 Å². The van der Waals surface area contributed by atoms with Crippen molar-refractivity contribution in [3.63, 3.8) is 0 Å². The average Bonchev–Trinajstić information content (AvgIpc) is 2.36. The molecule has 88 valence electrons. The second-order valence-corrected chi connectivity index (χ2v) is 5.61. The quantitative estimate of drug-likeness (QED) is 0.829. The zero-order chi connectivity index (χ0) is 11.9. The van der Waals surface area contributed by atoms with E-state index in [0.717, 1.165) is 12.2 Å². The van der Waals surface area contributed by atoms with Gasteiger partial charge >= 0.3 is 0 Å². The van der Waals surface area contributed by atoms with E-state index in [9.17, 15) is 0 Å². The van der Waals surface area contributed by atoms with Crippen LogP contribution in [0.4, 0.5) is 0 Å². The maximum atomic E-state index is 6.17. The average molecular weight is 219 g/mol. The summed E-state index contributed by atoms with van der Waals surface area (Å²) in [6.45, 7) is 8.58. The van der Waals surface area contributed by atoms with Crippen LogP contribution in [0.3, 0.4) is 0 Å². The molecule has 1 aromatic rings. The van der Waals surface area contributed by atoms with Crippen LogP contribution in [0.1, 0.15) is 51.3 Å². The van der Waals surface area contributed by atoms with Gasteiger partial charge in [0.05, 0.1) is 6.10 Å². The molecule has 1 unspecified atom stereocenters. The Kier molecular flexibility index (Phi) is 2.70. The molecule has 0 saturated carbocycles. The third kappa shape index (κ3) is 1.94. The van der Waals surface area contributed by atoms with E-state index < -0.39 is 0 Å². The van der Waals surface area contributed by atoms with Gasteiger partial charge in [-0.1, -0.05) is 19.9 Å². The molecule has 16 heavy (non-hydrogen) atoms. The first-order chi connectivity index (χ1) is 7.40. The lowest BCUT2D eigenvalue weighted by Crippen LogP contribution is -2.14. The molecule has 0 radical (unpaired) electrons. The molecule has 0 aliphatic heterocycles. The normalized spacial score (nSPS) is 22.2. The van der Waals surface area contributed by atoms with Gasteiger partial charge in [0, 0.05) is 6.04 Å². The van der Waals surface area contributed by atoms with Gasteiger partial charge in [-0.15, -0.1) is 0 Å². The first-order valence-corrected chi connectivity index (χ1v) is 5.97. The van der Waals surface area contributed by atoms with Gasteiger partial charge < -0.3 is 10.5 Å². The van der Waals surface area contributed by atoms with Crippen molar-refractivity contribution in [2.24, 2.45) is 5.73 Å². The Morgan fingerprint density at radius 1 is 1.38 bits per heavy atom. The van der Waals surface area contributed by atoms with Gasteiger partial charge in [-0.05, 0) is 48.9 Å². The molecule has 1 aromatic carbocycles. The first-order valence-electron chi connectivity index (χ1n) is 5.97. The molecule has 1 atom stereocenters. The minimum atomic E-state index is 0.153. The van der Waals surface area contributed by atoms with E-state index in [1.165, 1.54) is 11.1 Å². The molecule has 0 heterocycles. The van der Waals surface area contributed by atoms with Crippen LogP contribution < -0.4 is 10.5 Å². The summed E-state index contributed by atoms with van der Waals surface area (Å²) in [6, 6.07) is 6.48. The highest BCUT2D eigenvalue weighted by atomic mass is 16.5. The van der Waals surface area contributed by atoms with E-state index in [1.54, 1.807) is 0 Å². The molecule has 0 fully saturated rings.